The molecule has 19 nitrogen and oxygen atoms in total. The highest BCUT2D eigenvalue weighted by Crippen LogP contribution is 2.32. The first-order valence-electron chi connectivity index (χ1n) is 20.3. The summed E-state index contributed by atoms with van der Waals surface area (Å²) >= 11 is 0.952. The lowest BCUT2D eigenvalue weighted by atomic mass is 9.99. The second-order valence-electron chi connectivity index (χ2n) is 17.0. The Labute approximate surface area is 378 Å². The number of carbonyl (C=O) groups is 5. The van der Waals surface area contributed by atoms with Crippen LogP contribution in [-0.2, 0) is 46.6 Å². The van der Waals surface area contributed by atoms with Gasteiger partial charge in [-0.3, -0.25) is 19.9 Å². The molecule has 0 aliphatic carbocycles. The molecule has 2 unspecified atom stereocenters. The van der Waals surface area contributed by atoms with Crippen LogP contribution in [0.15, 0.2) is 94.1 Å². The number of anilines is 1. The standard InChI is InChI=1S/C45H49N7O12S/c1-43(2,3)61-40(56)45(7,8)64-52-36(31-25-65-41(48-31)50-42(57)62-44(4,5)6)38(54)49-35-30(47-37(35)53)24-60-39(55)33-20-29(51-63-33)28-19-32(58-22-26-15-11-9-12-16-26)34(21-46-28)59-23-27-17-13-10-14-18-27/h9-21,25,30,35H,22-24H2,1-8H3,(H,47,53)(H,49,54)(H,48,50,57). The van der Waals surface area contributed by atoms with Gasteiger partial charge < -0.3 is 43.7 Å². The number of hydrogen-bond donors (Lipinski definition) is 3. The van der Waals surface area contributed by atoms with Crippen molar-refractivity contribution >= 4 is 52.0 Å². The molecule has 3 N–H and O–H groups in total. The van der Waals surface area contributed by atoms with E-state index in [1.165, 1.54) is 31.5 Å². The van der Waals surface area contributed by atoms with Crippen molar-refractivity contribution < 1.29 is 57.0 Å². The third-order valence-electron chi connectivity index (χ3n) is 8.80. The maximum absolute atomic E-state index is 13.8. The van der Waals surface area contributed by atoms with Gasteiger partial charge in [0.25, 0.3) is 5.91 Å². The first-order valence-corrected chi connectivity index (χ1v) is 21.2. The predicted octanol–water partition coefficient (Wildman–Crippen LogP) is 6.38. The summed E-state index contributed by atoms with van der Waals surface area (Å²) in [6.45, 7) is 13.0. The van der Waals surface area contributed by atoms with Crippen molar-refractivity contribution in [2.24, 2.45) is 5.16 Å². The fourth-order valence-corrected chi connectivity index (χ4v) is 6.26. The Bertz CT molecular complexity index is 2530. The molecule has 1 fully saturated rings. The average Bonchev–Trinajstić information content (AvgIpc) is 3.93. The summed E-state index contributed by atoms with van der Waals surface area (Å²) < 4.78 is 33.7. The van der Waals surface area contributed by atoms with Crippen molar-refractivity contribution in [3.63, 3.8) is 0 Å². The quantitative estimate of drug-likeness (QED) is 0.0302. The zero-order valence-electron chi connectivity index (χ0n) is 37.0. The number of thiazole rings is 1. The van der Waals surface area contributed by atoms with Crippen molar-refractivity contribution in [1.82, 2.24) is 25.8 Å². The molecule has 0 saturated carbocycles. The van der Waals surface area contributed by atoms with Gasteiger partial charge in [-0.25, -0.2) is 19.4 Å². The van der Waals surface area contributed by atoms with Gasteiger partial charge in [-0.15, -0.1) is 11.3 Å². The number of carbonyl (C=O) groups excluding carboxylic acids is 5. The van der Waals surface area contributed by atoms with Gasteiger partial charge in [0.15, 0.2) is 22.3 Å². The summed E-state index contributed by atoms with van der Waals surface area (Å²) in [5.74, 6) is -2.69. The fraction of sp³-hybridized carbons (Fsp3) is 0.356. The van der Waals surface area contributed by atoms with Crippen LogP contribution in [-0.4, -0.2) is 86.2 Å². The van der Waals surface area contributed by atoms with Crippen molar-refractivity contribution in [3.8, 4) is 22.9 Å². The Morgan fingerprint density at radius 2 is 1.46 bits per heavy atom. The summed E-state index contributed by atoms with van der Waals surface area (Å²) in [6, 6.07) is 20.1. The van der Waals surface area contributed by atoms with E-state index in [-0.39, 0.29) is 42.1 Å². The van der Waals surface area contributed by atoms with E-state index in [9.17, 15) is 24.0 Å². The monoisotopic (exact) mass is 911 g/mol. The number of β-lactam (4-membered cyclic amide) rings is 1. The molecule has 5 aromatic rings. The SMILES string of the molecule is CC(C)(C)OC(=O)Nc1nc(C(=NOC(C)(C)C(=O)OC(C)(C)C)C(=O)NC2C(=O)NC2COC(=O)c2cc(-c3cc(OCc4ccccc4)c(OCc4ccccc4)cn3)no2)cs1. The van der Waals surface area contributed by atoms with E-state index in [1.807, 2.05) is 60.7 Å². The normalized spacial score (nSPS) is 15.1. The maximum atomic E-state index is 13.8. The molecule has 6 rings (SSSR count). The molecule has 1 saturated heterocycles. The van der Waals surface area contributed by atoms with Crippen molar-refractivity contribution in [2.75, 3.05) is 11.9 Å². The fourth-order valence-electron chi connectivity index (χ4n) is 5.57. The molecule has 4 heterocycles. The molecule has 2 atom stereocenters. The molecule has 2 aromatic carbocycles. The molecule has 0 bridgehead atoms. The largest absolute Gasteiger partial charge is 0.485 e. The van der Waals surface area contributed by atoms with Crippen LogP contribution >= 0.6 is 11.3 Å². The zero-order valence-corrected chi connectivity index (χ0v) is 37.8. The minimum atomic E-state index is -1.67. The third kappa shape index (κ3) is 13.3. The number of pyridine rings is 1. The van der Waals surface area contributed by atoms with E-state index < -0.39 is 64.4 Å². The molecular weight excluding hydrogens is 863 g/mol. The first kappa shape index (κ1) is 47.1. The number of nitrogens with one attached hydrogen (secondary N) is 3. The highest BCUT2D eigenvalue weighted by molar-refractivity contribution is 7.14. The third-order valence-corrected chi connectivity index (χ3v) is 9.56. The number of hydrogen-bond acceptors (Lipinski definition) is 17. The molecule has 3 amide bonds. The van der Waals surface area contributed by atoms with Crippen LogP contribution in [0.4, 0.5) is 9.93 Å². The van der Waals surface area contributed by atoms with E-state index in [0.717, 1.165) is 22.5 Å². The van der Waals surface area contributed by atoms with Gasteiger partial charge in [0, 0.05) is 17.5 Å². The van der Waals surface area contributed by atoms with Gasteiger partial charge in [-0.2, -0.15) is 0 Å². The Morgan fingerprint density at radius 1 is 0.831 bits per heavy atom. The van der Waals surface area contributed by atoms with E-state index in [2.05, 4.69) is 36.2 Å². The van der Waals surface area contributed by atoms with Gasteiger partial charge in [0.1, 0.15) is 48.5 Å². The second-order valence-corrected chi connectivity index (χ2v) is 17.9. The van der Waals surface area contributed by atoms with Gasteiger partial charge in [0.2, 0.25) is 17.3 Å². The number of benzene rings is 2. The molecule has 0 spiro atoms. The van der Waals surface area contributed by atoms with Crippen LogP contribution in [0.2, 0.25) is 0 Å². The molecule has 1 aliphatic rings. The highest BCUT2D eigenvalue weighted by Gasteiger charge is 2.43. The Hall–Kier alpha value is -7.35. The van der Waals surface area contributed by atoms with E-state index >= 15 is 0 Å². The summed E-state index contributed by atoms with van der Waals surface area (Å²) in [6.07, 6.45) is 0.708. The molecule has 65 heavy (non-hydrogen) atoms. The number of oxime groups is 1. The lowest BCUT2D eigenvalue weighted by molar-refractivity contribution is -0.179. The predicted molar refractivity (Wildman–Crippen MR) is 235 cm³/mol. The van der Waals surface area contributed by atoms with Crippen molar-refractivity contribution in [1.29, 1.82) is 0 Å². The summed E-state index contributed by atoms with van der Waals surface area (Å²) in [7, 11) is 0. The minimum Gasteiger partial charge on any atom is -0.485 e. The topological polar surface area (TPSA) is 241 Å². The lowest BCUT2D eigenvalue weighted by Gasteiger charge is -2.36. The van der Waals surface area contributed by atoms with Crippen molar-refractivity contribution in [3.05, 3.63) is 107 Å². The Balaban J connectivity index is 1.12. The highest BCUT2D eigenvalue weighted by atomic mass is 32.1. The number of nitrogens with zero attached hydrogens (tertiary/aromatic N) is 4. The van der Waals surface area contributed by atoms with Gasteiger partial charge in [-0.05, 0) is 66.5 Å². The Morgan fingerprint density at radius 3 is 2.08 bits per heavy atom. The molecule has 0 radical (unpaired) electrons. The maximum Gasteiger partial charge on any atom is 0.413 e. The van der Waals surface area contributed by atoms with Crippen LogP contribution < -0.4 is 25.4 Å². The number of aromatic nitrogens is 3. The van der Waals surface area contributed by atoms with Crippen LogP contribution in [0, 0.1) is 0 Å². The average molecular weight is 912 g/mol. The summed E-state index contributed by atoms with van der Waals surface area (Å²) in [4.78, 5) is 79.4. The second kappa shape index (κ2) is 20.0. The van der Waals surface area contributed by atoms with Crippen molar-refractivity contribution in [2.45, 2.75) is 97.5 Å². The molecule has 3 aromatic heterocycles. The molecule has 1 aliphatic heterocycles. The lowest BCUT2D eigenvalue weighted by Crippen LogP contribution is -2.71. The summed E-state index contributed by atoms with van der Waals surface area (Å²) in [5, 5.41) is 17.1. The smallest absolute Gasteiger partial charge is 0.413 e. The minimum absolute atomic E-state index is 0.0559. The molecular formula is C45H49N7O12S. The van der Waals surface area contributed by atoms with Crippen LogP contribution in [0.1, 0.15) is 82.8 Å². The number of esters is 2. The zero-order chi connectivity index (χ0) is 46.9. The van der Waals surface area contributed by atoms with Gasteiger partial charge >= 0.3 is 18.0 Å². The number of ether oxygens (including phenoxy) is 5. The van der Waals surface area contributed by atoms with E-state index in [0.29, 0.717) is 17.2 Å². The Kier molecular flexibility index (Phi) is 14.5. The van der Waals surface area contributed by atoms with Gasteiger partial charge in [-0.1, -0.05) is 71.0 Å². The number of amides is 3. The molecule has 20 heteroatoms. The van der Waals surface area contributed by atoms with E-state index in [1.54, 1.807) is 47.6 Å². The first-order chi connectivity index (χ1) is 30.7. The van der Waals surface area contributed by atoms with Crippen LogP contribution in [0.25, 0.3) is 11.4 Å². The van der Waals surface area contributed by atoms with Gasteiger partial charge in [0.05, 0.1) is 17.9 Å². The number of rotatable bonds is 17. The van der Waals surface area contributed by atoms with Crippen LogP contribution in [0.3, 0.4) is 0 Å². The van der Waals surface area contributed by atoms with Crippen LogP contribution in [0.5, 0.6) is 11.5 Å². The molecule has 342 valence electrons. The summed E-state index contributed by atoms with van der Waals surface area (Å²) in [5.41, 5.74) is -1.43. The van der Waals surface area contributed by atoms with E-state index in [4.69, 9.17) is 33.0 Å².